The normalized spacial score (nSPS) is 40.2. The van der Waals surface area contributed by atoms with Crippen molar-refractivity contribution in [1.29, 1.82) is 0 Å². The van der Waals surface area contributed by atoms with Gasteiger partial charge in [0.2, 0.25) is 5.78 Å². The van der Waals surface area contributed by atoms with Crippen molar-refractivity contribution in [3.05, 3.63) is 51.6 Å². The minimum atomic E-state index is -1.90. The quantitative estimate of drug-likeness (QED) is 0.151. The number of aliphatic hydroxyl groups excluding tert-OH is 3. The van der Waals surface area contributed by atoms with E-state index in [2.05, 4.69) is 0 Å². The largest absolute Gasteiger partial charge is 0.507 e. The summed E-state index contributed by atoms with van der Waals surface area (Å²) in [5.74, 6) is -3.82. The minimum Gasteiger partial charge on any atom is -0.507 e. The van der Waals surface area contributed by atoms with E-state index in [1.54, 1.807) is 13.8 Å². The minimum absolute atomic E-state index is 0.0224. The first-order valence-electron chi connectivity index (χ1n) is 21.5. The Kier molecular flexibility index (Phi) is 12.6. The summed E-state index contributed by atoms with van der Waals surface area (Å²) in [5, 5.41) is 78.2. The lowest BCUT2D eigenvalue weighted by Gasteiger charge is -2.45. The average molecular weight is 859 g/mol. The van der Waals surface area contributed by atoms with Crippen LogP contribution in [0.4, 0.5) is 0 Å². The van der Waals surface area contributed by atoms with Crippen molar-refractivity contribution in [2.75, 3.05) is 0 Å². The van der Waals surface area contributed by atoms with Crippen LogP contribution in [0.5, 0.6) is 17.2 Å². The molecule has 2 aromatic rings. The number of carbonyl (C=O) groups excluding carboxylic acids is 2. The molecule has 0 radical (unpaired) electrons. The summed E-state index contributed by atoms with van der Waals surface area (Å²) >= 11 is 0. The van der Waals surface area contributed by atoms with E-state index in [0.29, 0.717) is 32.1 Å². The van der Waals surface area contributed by atoms with Gasteiger partial charge < -0.3 is 73.6 Å². The molecule has 4 aliphatic heterocycles. The summed E-state index contributed by atoms with van der Waals surface area (Å²) < 4.78 is 49.6. The van der Waals surface area contributed by atoms with Crippen molar-refractivity contribution in [1.82, 2.24) is 0 Å². The van der Waals surface area contributed by atoms with Gasteiger partial charge in [-0.25, -0.2) is 0 Å². The van der Waals surface area contributed by atoms with Gasteiger partial charge in [-0.2, -0.15) is 0 Å². The van der Waals surface area contributed by atoms with Crippen LogP contribution in [0.1, 0.15) is 148 Å². The van der Waals surface area contributed by atoms with Crippen LogP contribution in [0.2, 0.25) is 0 Å². The average Bonchev–Trinajstić information content (AvgIpc) is 3.21. The fourth-order valence-corrected chi connectivity index (χ4v) is 9.80. The van der Waals surface area contributed by atoms with Crippen molar-refractivity contribution >= 4 is 11.6 Å². The van der Waals surface area contributed by atoms with Gasteiger partial charge in [0, 0.05) is 48.8 Å². The maximum atomic E-state index is 13.8. The zero-order chi connectivity index (χ0) is 43.7. The van der Waals surface area contributed by atoms with Crippen LogP contribution in [-0.4, -0.2) is 133 Å². The second-order valence-electron chi connectivity index (χ2n) is 17.5. The van der Waals surface area contributed by atoms with Crippen LogP contribution in [-0.2, 0) is 37.9 Å². The highest BCUT2D eigenvalue weighted by atomic mass is 16.7. The Morgan fingerprint density at radius 1 is 0.639 bits per heavy atom. The van der Waals surface area contributed by atoms with Gasteiger partial charge in [-0.1, -0.05) is 19.1 Å². The van der Waals surface area contributed by atoms with Crippen LogP contribution in [0, 0.1) is 0 Å². The molecule has 6 aliphatic rings. The van der Waals surface area contributed by atoms with Gasteiger partial charge in [-0.05, 0) is 59.4 Å². The van der Waals surface area contributed by atoms with Gasteiger partial charge in [0.1, 0.15) is 29.5 Å². The van der Waals surface area contributed by atoms with Crippen molar-refractivity contribution < 1.29 is 83.2 Å². The molecule has 17 nitrogen and oxygen atoms in total. The number of ether oxygens (including phenoxy) is 8. The summed E-state index contributed by atoms with van der Waals surface area (Å²) in [5.41, 5.74) is -4.17. The van der Waals surface area contributed by atoms with Crippen molar-refractivity contribution in [3.8, 4) is 17.2 Å². The number of phenols is 3. The molecule has 0 saturated carbocycles. The lowest BCUT2D eigenvalue weighted by atomic mass is 9.70. The van der Waals surface area contributed by atoms with Crippen molar-refractivity contribution in [2.45, 2.75) is 190 Å². The number of hydrogen-bond donors (Lipinski definition) is 7. The van der Waals surface area contributed by atoms with E-state index in [1.165, 1.54) is 18.2 Å². The zero-order valence-electron chi connectivity index (χ0n) is 35.0. The van der Waals surface area contributed by atoms with E-state index in [4.69, 9.17) is 37.9 Å². The Bertz CT molecular complexity index is 1960. The molecule has 17 heteroatoms. The molecule has 4 heterocycles. The highest BCUT2D eigenvalue weighted by molar-refractivity contribution is 6.31. The predicted octanol–water partition coefficient (Wildman–Crippen LogP) is 3.80. The third-order valence-corrected chi connectivity index (χ3v) is 13.4. The van der Waals surface area contributed by atoms with E-state index in [1.807, 2.05) is 20.8 Å². The summed E-state index contributed by atoms with van der Waals surface area (Å²) in [7, 11) is 0. The van der Waals surface area contributed by atoms with E-state index in [-0.39, 0.29) is 78.3 Å². The molecular weight excluding hydrogens is 800 g/mol. The van der Waals surface area contributed by atoms with Crippen molar-refractivity contribution in [3.63, 3.8) is 0 Å². The monoisotopic (exact) mass is 858 g/mol. The number of aromatic hydroxyl groups is 3. The Hall–Kier alpha value is -3.30. The second-order valence-corrected chi connectivity index (χ2v) is 17.5. The topological polar surface area (TPSA) is 250 Å². The molecular formula is C44H58O17. The zero-order valence-corrected chi connectivity index (χ0v) is 35.0. The van der Waals surface area contributed by atoms with E-state index in [0.717, 1.165) is 6.42 Å². The summed E-state index contributed by atoms with van der Waals surface area (Å²) in [6.45, 7) is 8.98. The van der Waals surface area contributed by atoms with Crippen molar-refractivity contribution in [2.24, 2.45) is 0 Å². The molecule has 2 aliphatic carbocycles. The lowest BCUT2D eigenvalue weighted by molar-refractivity contribution is -0.325. The van der Waals surface area contributed by atoms with Crippen LogP contribution in [0.3, 0.4) is 0 Å². The molecule has 61 heavy (non-hydrogen) atoms. The van der Waals surface area contributed by atoms with Gasteiger partial charge in [-0.3, -0.25) is 9.59 Å². The molecule has 0 aromatic heterocycles. The fraction of sp³-hybridized carbons (Fsp3) is 0.682. The first-order chi connectivity index (χ1) is 29.0. The Morgan fingerprint density at radius 2 is 1.20 bits per heavy atom. The number of rotatable bonds is 9. The van der Waals surface area contributed by atoms with E-state index < -0.39 is 101 Å². The standard InChI is InChI=1S/C44H58O17/c1-6-44(53)17-28(34-37(43(44)52)41(51)35-36(40(34)50)39(49)33-22(38(35)48)8-7-9-24(33)46)60-32-16-25(47)42(21(5)57-32)61-31-15-12-27(20(4)56-31)59-30-14-11-26(19(3)55-30)58-29-13-10-23(45)18(2)54-29/h7-9,18-21,23,25-32,42-43,45-47,50-53H,6,10-17H2,1-5H3/t18-,19-,20-,21-,23-,25-,26-,27-,28-,29?,30-,31-,32-,42+,43+,44+/m0/s1. The number of ketones is 2. The van der Waals surface area contributed by atoms with E-state index in [9.17, 15) is 45.3 Å². The van der Waals surface area contributed by atoms with Crippen LogP contribution in [0.25, 0.3) is 0 Å². The third kappa shape index (κ3) is 8.22. The molecule has 336 valence electrons. The first kappa shape index (κ1) is 44.3. The highest BCUT2D eigenvalue weighted by Crippen LogP contribution is 2.56. The molecule has 0 spiro atoms. The van der Waals surface area contributed by atoms with Gasteiger partial charge in [-0.15, -0.1) is 0 Å². The molecule has 4 fully saturated rings. The Labute approximate surface area is 353 Å². The maximum Gasteiger partial charge on any atom is 0.202 e. The predicted molar refractivity (Wildman–Crippen MR) is 210 cm³/mol. The smallest absolute Gasteiger partial charge is 0.202 e. The summed E-state index contributed by atoms with van der Waals surface area (Å²) in [6.07, 6.45) is -7.02. The van der Waals surface area contributed by atoms with E-state index >= 15 is 0 Å². The molecule has 0 bridgehead atoms. The molecule has 1 unspecified atom stereocenters. The van der Waals surface area contributed by atoms with Gasteiger partial charge in [0.15, 0.2) is 30.9 Å². The number of aliphatic hydroxyl groups is 4. The number of hydrogen-bond acceptors (Lipinski definition) is 17. The number of benzene rings is 2. The van der Waals surface area contributed by atoms with Gasteiger partial charge in [0.25, 0.3) is 0 Å². The molecule has 7 N–H and O–H groups in total. The summed E-state index contributed by atoms with van der Waals surface area (Å²) in [4.78, 5) is 27.4. The first-order valence-corrected chi connectivity index (χ1v) is 21.5. The SMILES string of the molecule is CC[C@@]1(O)C[C@H](O[C@H]2C[C@H](O)[C@H](O[C@H]3CC[C@H](O[C@H]4CC[C@H](OC5CC[C@H](O)[C@H](C)O5)[C@H](C)O4)[C@H](C)O3)[C@H](C)O2)c2c(O)c3c(c(O)c2[C@H]1O)C(=O)c1cccc(O)c1C3=O. The molecule has 16 atom stereocenters. The number of carbonyl (C=O) groups is 2. The maximum absolute atomic E-state index is 13.8. The number of fused-ring (bicyclic) bond motifs is 3. The lowest BCUT2D eigenvalue weighted by Crippen LogP contribution is -2.53. The highest BCUT2D eigenvalue weighted by Gasteiger charge is 2.52. The molecule has 2 aromatic carbocycles. The second kappa shape index (κ2) is 17.3. The van der Waals surface area contributed by atoms with Gasteiger partial charge >= 0.3 is 0 Å². The molecule has 4 saturated heterocycles. The van der Waals surface area contributed by atoms with Crippen LogP contribution >= 0.6 is 0 Å². The molecule has 0 amide bonds. The van der Waals surface area contributed by atoms with Gasteiger partial charge in [0.05, 0.1) is 77.2 Å². The Morgan fingerprint density at radius 3 is 1.79 bits per heavy atom. The third-order valence-electron chi connectivity index (χ3n) is 13.4. The van der Waals surface area contributed by atoms with Crippen LogP contribution in [0.15, 0.2) is 18.2 Å². The Balaban J connectivity index is 0.893. The summed E-state index contributed by atoms with van der Waals surface area (Å²) in [6, 6.07) is 3.89. The number of phenolic OH excluding ortho intramolecular Hbond substituents is 3. The fourth-order valence-electron chi connectivity index (χ4n) is 9.80. The van der Waals surface area contributed by atoms with Crippen LogP contribution < -0.4 is 0 Å². The molecule has 8 rings (SSSR count).